The van der Waals surface area contributed by atoms with E-state index in [-0.39, 0.29) is 29.1 Å². The molecule has 2 N–H and O–H groups in total. The molecule has 0 aliphatic heterocycles. The molecule has 1 aromatic carbocycles. The predicted molar refractivity (Wildman–Crippen MR) is 117 cm³/mol. The Morgan fingerprint density at radius 1 is 1.16 bits per heavy atom. The highest BCUT2D eigenvalue weighted by molar-refractivity contribution is 5.89. The molecule has 3 unspecified atom stereocenters. The average Bonchev–Trinajstić information content (AvgIpc) is 2.69. The molecule has 0 spiro atoms. The van der Waals surface area contributed by atoms with Gasteiger partial charge in [-0.15, -0.1) is 0 Å². The number of carbonyl (C=O) groups is 3. The maximum absolute atomic E-state index is 12.3. The van der Waals surface area contributed by atoms with Gasteiger partial charge in [0.2, 0.25) is 0 Å². The first-order valence-electron chi connectivity index (χ1n) is 10.8. The Labute approximate surface area is 184 Å². The fraction of sp³-hybridized carbons (Fsp3) is 0.625. The zero-order valence-corrected chi connectivity index (χ0v) is 19.0. The fourth-order valence-electron chi connectivity index (χ4n) is 4.91. The molecule has 0 heterocycles. The summed E-state index contributed by atoms with van der Waals surface area (Å²) in [6, 6.07) is 8.64. The van der Waals surface area contributed by atoms with Crippen LogP contribution in [0, 0.1) is 16.7 Å². The molecule has 1 aromatic rings. The first-order chi connectivity index (χ1) is 14.5. The van der Waals surface area contributed by atoms with Gasteiger partial charge in [-0.25, -0.2) is 9.59 Å². The van der Waals surface area contributed by atoms with Crippen LogP contribution >= 0.6 is 0 Å². The number of carbonyl (C=O) groups excluding carboxylic acids is 3. The first-order valence-corrected chi connectivity index (χ1v) is 10.8. The molecule has 172 valence electrons. The van der Waals surface area contributed by atoms with Gasteiger partial charge in [-0.1, -0.05) is 39.0 Å². The molecule has 2 rings (SSSR count). The Kier molecular flexibility index (Phi) is 8.62. The van der Waals surface area contributed by atoms with Crippen LogP contribution in [0.15, 0.2) is 30.3 Å². The summed E-state index contributed by atoms with van der Waals surface area (Å²) >= 11 is 0. The van der Waals surface area contributed by atoms with Crippen LogP contribution in [0.2, 0.25) is 0 Å². The maximum Gasteiger partial charge on any atom is 0.407 e. The van der Waals surface area contributed by atoms with Crippen molar-refractivity contribution >= 4 is 17.8 Å². The van der Waals surface area contributed by atoms with Crippen molar-refractivity contribution in [1.29, 1.82) is 0 Å². The average molecular weight is 434 g/mol. The SMILES string of the molecule is CC(COC(=O)c1ccccc1)OC(=O)NCC1(C)CC(CC(=O)CO)CC(C)(C)C1. The molecular weight excluding hydrogens is 398 g/mol. The standard InChI is InChI=1S/C24H35NO6/c1-17(14-30-21(28)19-8-6-5-7-9-19)31-22(29)25-16-24(4)12-18(10-20(27)13-26)11-23(2,3)15-24/h5-9,17-18,26H,10-16H2,1-4H3,(H,25,29). The van der Waals surface area contributed by atoms with Gasteiger partial charge in [0, 0.05) is 13.0 Å². The fourth-order valence-corrected chi connectivity index (χ4v) is 4.91. The summed E-state index contributed by atoms with van der Waals surface area (Å²) < 4.78 is 10.5. The van der Waals surface area contributed by atoms with Gasteiger partial charge in [0.1, 0.15) is 19.3 Å². The van der Waals surface area contributed by atoms with Crippen molar-refractivity contribution in [2.24, 2.45) is 16.7 Å². The Hall–Kier alpha value is -2.41. The highest BCUT2D eigenvalue weighted by Gasteiger charge is 2.41. The lowest BCUT2D eigenvalue weighted by molar-refractivity contribution is -0.123. The summed E-state index contributed by atoms with van der Waals surface area (Å²) in [5.74, 6) is -0.421. The summed E-state index contributed by atoms with van der Waals surface area (Å²) in [5, 5.41) is 11.9. The molecule has 1 fully saturated rings. The number of nitrogens with one attached hydrogen (secondary N) is 1. The lowest BCUT2D eigenvalue weighted by Gasteiger charge is -2.46. The monoisotopic (exact) mass is 433 g/mol. The minimum Gasteiger partial charge on any atom is -0.458 e. The van der Waals surface area contributed by atoms with Crippen LogP contribution in [0.25, 0.3) is 0 Å². The normalized spacial score (nSPS) is 23.5. The van der Waals surface area contributed by atoms with Crippen LogP contribution in [-0.4, -0.2) is 48.8 Å². The van der Waals surface area contributed by atoms with Crippen molar-refractivity contribution in [3.05, 3.63) is 35.9 Å². The van der Waals surface area contributed by atoms with Gasteiger partial charge in [-0.05, 0) is 55.1 Å². The van der Waals surface area contributed by atoms with Crippen molar-refractivity contribution < 1.29 is 29.0 Å². The van der Waals surface area contributed by atoms with Gasteiger partial charge in [0.25, 0.3) is 0 Å². The molecule has 3 atom stereocenters. The molecule has 0 radical (unpaired) electrons. The molecule has 0 bridgehead atoms. The number of esters is 1. The van der Waals surface area contributed by atoms with Gasteiger partial charge < -0.3 is 19.9 Å². The van der Waals surface area contributed by atoms with Crippen LogP contribution in [0.3, 0.4) is 0 Å². The van der Waals surface area contributed by atoms with E-state index in [1.54, 1.807) is 31.2 Å². The Bertz CT molecular complexity index is 763. The van der Waals surface area contributed by atoms with E-state index in [1.165, 1.54) is 0 Å². The van der Waals surface area contributed by atoms with E-state index < -0.39 is 24.8 Å². The van der Waals surface area contributed by atoms with Gasteiger partial charge in [-0.3, -0.25) is 4.79 Å². The lowest BCUT2D eigenvalue weighted by atomic mass is 9.60. The third-order valence-corrected chi connectivity index (χ3v) is 5.65. The smallest absolute Gasteiger partial charge is 0.407 e. The molecular formula is C24H35NO6. The molecule has 1 aliphatic carbocycles. The number of amides is 1. The second-order valence-corrected chi connectivity index (χ2v) is 9.86. The number of rotatable bonds is 9. The van der Waals surface area contributed by atoms with E-state index in [4.69, 9.17) is 14.6 Å². The molecule has 1 aliphatic rings. The number of Topliss-reactive ketones (excluding diaryl/α,β-unsaturated/α-hetero) is 1. The third kappa shape index (κ3) is 8.32. The second kappa shape index (κ2) is 10.8. The summed E-state index contributed by atoms with van der Waals surface area (Å²) in [6.07, 6.45) is 1.85. The summed E-state index contributed by atoms with van der Waals surface area (Å²) in [4.78, 5) is 36.0. The molecule has 7 nitrogen and oxygen atoms in total. The summed E-state index contributed by atoms with van der Waals surface area (Å²) in [5.41, 5.74) is 0.309. The van der Waals surface area contributed by atoms with Crippen molar-refractivity contribution in [2.75, 3.05) is 19.8 Å². The van der Waals surface area contributed by atoms with Crippen LogP contribution in [0.1, 0.15) is 63.7 Å². The predicted octanol–water partition coefficient (Wildman–Crippen LogP) is 3.74. The van der Waals surface area contributed by atoms with Gasteiger partial charge >= 0.3 is 12.1 Å². The number of ether oxygens (including phenoxy) is 2. The molecule has 7 heteroatoms. The topological polar surface area (TPSA) is 102 Å². The number of hydrogen-bond acceptors (Lipinski definition) is 6. The molecule has 31 heavy (non-hydrogen) atoms. The molecule has 0 aromatic heterocycles. The van der Waals surface area contributed by atoms with E-state index in [1.807, 2.05) is 6.07 Å². The van der Waals surface area contributed by atoms with E-state index in [0.29, 0.717) is 18.5 Å². The molecule has 1 saturated carbocycles. The molecule has 1 amide bonds. The quantitative estimate of drug-likeness (QED) is 0.575. The van der Waals surface area contributed by atoms with E-state index >= 15 is 0 Å². The third-order valence-electron chi connectivity index (χ3n) is 5.65. The zero-order valence-electron chi connectivity index (χ0n) is 19.0. The number of benzene rings is 1. The van der Waals surface area contributed by atoms with Crippen molar-refractivity contribution in [3.63, 3.8) is 0 Å². The van der Waals surface area contributed by atoms with Crippen LogP contribution in [0.5, 0.6) is 0 Å². The minimum atomic E-state index is -0.585. The van der Waals surface area contributed by atoms with Crippen molar-refractivity contribution in [1.82, 2.24) is 5.32 Å². The van der Waals surface area contributed by atoms with E-state index in [2.05, 4.69) is 26.1 Å². The van der Waals surface area contributed by atoms with Crippen LogP contribution < -0.4 is 5.32 Å². The summed E-state index contributed by atoms with van der Waals surface area (Å²) in [6.45, 7) is 8.08. The molecule has 0 saturated heterocycles. The Morgan fingerprint density at radius 3 is 2.48 bits per heavy atom. The van der Waals surface area contributed by atoms with Gasteiger partial charge in [0.05, 0.1) is 5.56 Å². The van der Waals surface area contributed by atoms with Gasteiger partial charge in [0.15, 0.2) is 5.78 Å². The number of ketones is 1. The number of alkyl carbamates (subject to hydrolysis) is 1. The second-order valence-electron chi connectivity index (χ2n) is 9.86. The van der Waals surface area contributed by atoms with Crippen LogP contribution in [0.4, 0.5) is 4.79 Å². The Balaban J connectivity index is 1.80. The summed E-state index contributed by atoms with van der Waals surface area (Å²) in [7, 11) is 0. The highest BCUT2D eigenvalue weighted by atomic mass is 16.6. The highest BCUT2D eigenvalue weighted by Crippen LogP contribution is 2.49. The number of aliphatic hydroxyl groups excluding tert-OH is 1. The number of hydrogen-bond donors (Lipinski definition) is 2. The Morgan fingerprint density at radius 2 is 1.84 bits per heavy atom. The van der Waals surface area contributed by atoms with E-state index in [0.717, 1.165) is 19.3 Å². The van der Waals surface area contributed by atoms with Crippen LogP contribution in [-0.2, 0) is 14.3 Å². The zero-order chi connectivity index (χ0) is 23.1. The van der Waals surface area contributed by atoms with Crippen molar-refractivity contribution in [3.8, 4) is 0 Å². The number of aliphatic hydroxyl groups is 1. The van der Waals surface area contributed by atoms with Crippen molar-refractivity contribution in [2.45, 2.75) is 59.5 Å². The first kappa shape index (κ1) is 24.9. The lowest BCUT2D eigenvalue weighted by Crippen LogP contribution is -2.44. The van der Waals surface area contributed by atoms with E-state index in [9.17, 15) is 14.4 Å². The maximum atomic E-state index is 12.3. The minimum absolute atomic E-state index is 0.0310. The largest absolute Gasteiger partial charge is 0.458 e. The van der Waals surface area contributed by atoms with Gasteiger partial charge in [-0.2, -0.15) is 0 Å².